The summed E-state index contributed by atoms with van der Waals surface area (Å²) < 4.78 is 0. The van der Waals surface area contributed by atoms with E-state index in [1.54, 1.807) is 6.08 Å². The number of ketones is 1. The molecule has 0 N–H and O–H groups in total. The lowest BCUT2D eigenvalue weighted by molar-refractivity contribution is -0.114. The Balaban J connectivity index is 2.38. The molecule has 1 nitrogen and oxygen atoms in total. The first kappa shape index (κ1) is 13.3. The molecule has 2 aliphatic carbocycles. The minimum absolute atomic E-state index is 0.276. The molecule has 0 spiro atoms. The monoisotopic (exact) mass is 244 g/mol. The van der Waals surface area contributed by atoms with Gasteiger partial charge in [0.25, 0.3) is 0 Å². The summed E-state index contributed by atoms with van der Waals surface area (Å²) >= 11 is 0. The van der Waals surface area contributed by atoms with Crippen LogP contribution in [0.25, 0.3) is 0 Å². The first-order chi connectivity index (χ1) is 8.40. The molecule has 0 radical (unpaired) electrons. The average molecular weight is 244 g/mol. The van der Waals surface area contributed by atoms with Crippen molar-refractivity contribution in [3.8, 4) is 0 Å². The Bertz CT molecular complexity index is 458. The van der Waals surface area contributed by atoms with Crippen molar-refractivity contribution in [3.63, 3.8) is 0 Å². The molecule has 0 saturated carbocycles. The molecule has 0 unspecified atom stereocenters. The summed E-state index contributed by atoms with van der Waals surface area (Å²) in [6.45, 7) is 9.01. The SMILES string of the molecule is CC1=CC(=O)CC/C1=C\C1=C(C)CCCC1(C)C. The van der Waals surface area contributed by atoms with Crippen LogP contribution >= 0.6 is 0 Å². The van der Waals surface area contributed by atoms with E-state index in [1.807, 2.05) is 0 Å². The van der Waals surface area contributed by atoms with Crippen molar-refractivity contribution in [1.82, 2.24) is 0 Å². The van der Waals surface area contributed by atoms with Gasteiger partial charge in [-0.05, 0) is 67.7 Å². The van der Waals surface area contributed by atoms with Crippen LogP contribution in [0.15, 0.2) is 34.4 Å². The topological polar surface area (TPSA) is 17.1 Å². The molecule has 0 saturated heterocycles. The van der Waals surface area contributed by atoms with Gasteiger partial charge in [-0.2, -0.15) is 0 Å². The standard InChI is InChI=1S/C17H24O/c1-12-6-5-9-17(3,4)16(12)11-14-7-8-15(18)10-13(14)2/h10-11H,5-9H2,1-4H3/b14-11+. The van der Waals surface area contributed by atoms with Gasteiger partial charge in [-0.3, -0.25) is 4.79 Å². The van der Waals surface area contributed by atoms with Gasteiger partial charge in [-0.25, -0.2) is 0 Å². The van der Waals surface area contributed by atoms with Crippen LogP contribution < -0.4 is 0 Å². The Kier molecular flexibility index (Phi) is 3.61. The highest BCUT2D eigenvalue weighted by Crippen LogP contribution is 2.42. The zero-order valence-electron chi connectivity index (χ0n) is 12.1. The van der Waals surface area contributed by atoms with Gasteiger partial charge in [0.15, 0.2) is 5.78 Å². The van der Waals surface area contributed by atoms with Crippen molar-refractivity contribution in [2.45, 2.75) is 59.8 Å². The summed E-state index contributed by atoms with van der Waals surface area (Å²) in [7, 11) is 0. The van der Waals surface area contributed by atoms with Crippen LogP contribution in [-0.2, 0) is 4.79 Å². The number of carbonyl (C=O) groups excluding carboxylic acids is 1. The van der Waals surface area contributed by atoms with Crippen LogP contribution in [-0.4, -0.2) is 5.78 Å². The molecular weight excluding hydrogens is 220 g/mol. The first-order valence-electron chi connectivity index (χ1n) is 7.02. The summed E-state index contributed by atoms with van der Waals surface area (Å²) in [4.78, 5) is 11.4. The Morgan fingerprint density at radius 2 is 1.89 bits per heavy atom. The lowest BCUT2D eigenvalue weighted by Gasteiger charge is -2.33. The summed E-state index contributed by atoms with van der Waals surface area (Å²) in [5, 5.41) is 0. The number of hydrogen-bond acceptors (Lipinski definition) is 1. The van der Waals surface area contributed by atoms with Crippen LogP contribution in [0.1, 0.15) is 59.8 Å². The lowest BCUT2D eigenvalue weighted by Crippen LogP contribution is -2.19. The molecule has 0 fully saturated rings. The second-order valence-electron chi connectivity index (χ2n) is 6.39. The van der Waals surface area contributed by atoms with E-state index in [9.17, 15) is 4.79 Å². The van der Waals surface area contributed by atoms with Gasteiger partial charge in [0.1, 0.15) is 0 Å². The normalized spacial score (nSPS) is 26.6. The number of allylic oxidation sites excluding steroid dienone is 6. The molecule has 0 bridgehead atoms. The molecule has 0 heterocycles. The van der Waals surface area contributed by atoms with Crippen molar-refractivity contribution >= 4 is 5.78 Å². The van der Waals surface area contributed by atoms with Crippen LogP contribution in [0.5, 0.6) is 0 Å². The third kappa shape index (κ3) is 2.66. The molecule has 1 heteroatoms. The minimum atomic E-state index is 0.276. The van der Waals surface area contributed by atoms with E-state index in [4.69, 9.17) is 0 Å². The van der Waals surface area contributed by atoms with Crippen LogP contribution in [0, 0.1) is 5.41 Å². The van der Waals surface area contributed by atoms with Crippen LogP contribution in [0.4, 0.5) is 0 Å². The Morgan fingerprint density at radius 1 is 1.17 bits per heavy atom. The molecule has 18 heavy (non-hydrogen) atoms. The van der Waals surface area contributed by atoms with Gasteiger partial charge in [-0.15, -0.1) is 0 Å². The van der Waals surface area contributed by atoms with Crippen molar-refractivity contribution in [2.24, 2.45) is 5.41 Å². The average Bonchev–Trinajstić information content (AvgIpc) is 2.25. The quantitative estimate of drug-likeness (QED) is 0.650. The van der Waals surface area contributed by atoms with Crippen molar-refractivity contribution in [2.75, 3.05) is 0 Å². The highest BCUT2D eigenvalue weighted by atomic mass is 16.1. The minimum Gasteiger partial charge on any atom is -0.295 e. The van der Waals surface area contributed by atoms with Gasteiger partial charge in [0.2, 0.25) is 0 Å². The van der Waals surface area contributed by atoms with Gasteiger partial charge in [0, 0.05) is 6.42 Å². The number of carbonyl (C=O) groups is 1. The maximum atomic E-state index is 11.4. The molecule has 98 valence electrons. The molecule has 0 aromatic rings. The fourth-order valence-electron chi connectivity index (χ4n) is 3.18. The summed E-state index contributed by atoms with van der Waals surface area (Å²) in [5.74, 6) is 0.276. The predicted molar refractivity (Wildman–Crippen MR) is 76.4 cm³/mol. The molecule has 0 amide bonds. The smallest absolute Gasteiger partial charge is 0.156 e. The fourth-order valence-corrected chi connectivity index (χ4v) is 3.18. The summed E-state index contributed by atoms with van der Waals surface area (Å²) in [5.41, 5.74) is 5.85. The van der Waals surface area contributed by atoms with E-state index in [0.29, 0.717) is 6.42 Å². The first-order valence-corrected chi connectivity index (χ1v) is 7.02. The van der Waals surface area contributed by atoms with Crippen LogP contribution in [0.3, 0.4) is 0 Å². The van der Waals surface area contributed by atoms with E-state index < -0.39 is 0 Å². The zero-order valence-corrected chi connectivity index (χ0v) is 12.1. The molecular formula is C17H24O. The number of hydrogen-bond donors (Lipinski definition) is 0. The molecule has 0 aliphatic heterocycles. The third-order valence-corrected chi connectivity index (χ3v) is 4.39. The van der Waals surface area contributed by atoms with Crippen molar-refractivity contribution in [3.05, 3.63) is 34.4 Å². The summed E-state index contributed by atoms with van der Waals surface area (Å²) in [6.07, 6.45) is 9.56. The van der Waals surface area contributed by atoms with Crippen molar-refractivity contribution < 1.29 is 4.79 Å². The fraction of sp³-hybridized carbons (Fsp3) is 0.588. The molecule has 0 atom stereocenters. The van der Waals surface area contributed by atoms with Crippen molar-refractivity contribution in [1.29, 1.82) is 0 Å². The lowest BCUT2D eigenvalue weighted by atomic mass is 9.71. The van der Waals surface area contributed by atoms with E-state index in [2.05, 4.69) is 33.8 Å². The van der Waals surface area contributed by atoms with Gasteiger partial charge in [0.05, 0.1) is 0 Å². The highest BCUT2D eigenvalue weighted by molar-refractivity contribution is 5.92. The van der Waals surface area contributed by atoms with E-state index in [-0.39, 0.29) is 11.2 Å². The highest BCUT2D eigenvalue weighted by Gasteiger charge is 2.27. The van der Waals surface area contributed by atoms with E-state index in [1.165, 1.54) is 36.0 Å². The molecule has 2 aliphatic rings. The van der Waals surface area contributed by atoms with Gasteiger partial charge < -0.3 is 0 Å². The Labute approximate surface area is 111 Å². The maximum Gasteiger partial charge on any atom is 0.156 e. The second-order valence-corrected chi connectivity index (χ2v) is 6.39. The van der Waals surface area contributed by atoms with E-state index in [0.717, 1.165) is 12.0 Å². The third-order valence-electron chi connectivity index (χ3n) is 4.39. The molecule has 2 rings (SSSR count). The molecule has 0 aromatic carbocycles. The zero-order chi connectivity index (χ0) is 13.3. The predicted octanol–water partition coefficient (Wildman–Crippen LogP) is 4.75. The second kappa shape index (κ2) is 4.87. The van der Waals surface area contributed by atoms with Crippen LogP contribution in [0.2, 0.25) is 0 Å². The van der Waals surface area contributed by atoms with Gasteiger partial charge >= 0.3 is 0 Å². The van der Waals surface area contributed by atoms with E-state index >= 15 is 0 Å². The Hall–Kier alpha value is -1.11. The maximum absolute atomic E-state index is 11.4. The summed E-state index contributed by atoms with van der Waals surface area (Å²) in [6, 6.07) is 0. The number of rotatable bonds is 1. The van der Waals surface area contributed by atoms with Gasteiger partial charge in [-0.1, -0.05) is 25.5 Å². The Morgan fingerprint density at radius 3 is 2.50 bits per heavy atom. The molecule has 0 aromatic heterocycles. The largest absolute Gasteiger partial charge is 0.295 e.